The van der Waals surface area contributed by atoms with E-state index in [4.69, 9.17) is 5.26 Å². The average Bonchev–Trinajstić information content (AvgIpc) is 2.18. The second-order valence-electron chi connectivity index (χ2n) is 3.25. The number of nitrogens with one attached hydrogen (secondary N) is 1. The second kappa shape index (κ2) is 5.71. The van der Waals surface area contributed by atoms with Crippen LogP contribution < -0.4 is 5.32 Å². The molecule has 15 heavy (non-hydrogen) atoms. The number of benzene rings is 1. The molecule has 0 aromatic heterocycles. The third-order valence-electron chi connectivity index (χ3n) is 1.86. The number of halogens is 1. The largest absolute Gasteiger partial charge is 0.349 e. The van der Waals surface area contributed by atoms with Gasteiger partial charge < -0.3 is 5.32 Å². The Hall–Kier alpha value is -1.09. The molecule has 0 fully saturated rings. The van der Waals surface area contributed by atoms with E-state index >= 15 is 0 Å². The number of carbonyl (C=O) groups is 1. The van der Waals surface area contributed by atoms with Gasteiger partial charge in [-0.1, -0.05) is 6.07 Å². The molecule has 0 aliphatic carbocycles. The molecule has 1 unspecified atom stereocenters. The molecular formula is C11H11IN2O. The molecule has 0 bridgehead atoms. The van der Waals surface area contributed by atoms with E-state index < -0.39 is 0 Å². The Kier molecular flexibility index (Phi) is 4.56. The van der Waals surface area contributed by atoms with E-state index in [1.54, 1.807) is 6.07 Å². The molecule has 1 atom stereocenters. The van der Waals surface area contributed by atoms with Gasteiger partial charge in [0.25, 0.3) is 5.91 Å². The lowest BCUT2D eigenvalue weighted by Gasteiger charge is -2.10. The second-order valence-corrected chi connectivity index (χ2v) is 4.49. The first-order chi connectivity index (χ1) is 7.13. The summed E-state index contributed by atoms with van der Waals surface area (Å²) in [6.45, 7) is 1.81. The highest BCUT2D eigenvalue weighted by molar-refractivity contribution is 14.1. The molecule has 1 N–H and O–H groups in total. The summed E-state index contributed by atoms with van der Waals surface area (Å²) in [5, 5.41) is 11.2. The van der Waals surface area contributed by atoms with E-state index in [0.29, 0.717) is 12.0 Å². The Morgan fingerprint density at radius 2 is 2.40 bits per heavy atom. The average molecular weight is 314 g/mol. The number of hydrogen-bond donors (Lipinski definition) is 1. The Morgan fingerprint density at radius 3 is 3.00 bits per heavy atom. The SMILES string of the molecule is CC(CC#N)NC(=O)c1cccc(I)c1. The van der Waals surface area contributed by atoms with Crippen molar-refractivity contribution >= 4 is 28.5 Å². The van der Waals surface area contributed by atoms with Crippen LogP contribution in [0.4, 0.5) is 0 Å². The van der Waals surface area contributed by atoms with Crippen LogP contribution in [0.1, 0.15) is 23.7 Å². The van der Waals surface area contributed by atoms with Gasteiger partial charge in [-0.25, -0.2) is 0 Å². The van der Waals surface area contributed by atoms with Gasteiger partial charge in [-0.2, -0.15) is 5.26 Å². The Morgan fingerprint density at radius 1 is 1.67 bits per heavy atom. The van der Waals surface area contributed by atoms with E-state index in [9.17, 15) is 4.79 Å². The maximum absolute atomic E-state index is 11.7. The minimum Gasteiger partial charge on any atom is -0.349 e. The zero-order chi connectivity index (χ0) is 11.3. The van der Waals surface area contributed by atoms with Crippen LogP contribution in [0.2, 0.25) is 0 Å². The summed E-state index contributed by atoms with van der Waals surface area (Å²) >= 11 is 2.16. The summed E-state index contributed by atoms with van der Waals surface area (Å²) in [5.41, 5.74) is 0.631. The van der Waals surface area contributed by atoms with Gasteiger partial charge in [0.2, 0.25) is 0 Å². The van der Waals surface area contributed by atoms with Crippen LogP contribution in [0.25, 0.3) is 0 Å². The van der Waals surface area contributed by atoms with Crippen molar-refractivity contribution in [2.45, 2.75) is 19.4 Å². The van der Waals surface area contributed by atoms with Crippen LogP contribution in [0.3, 0.4) is 0 Å². The lowest BCUT2D eigenvalue weighted by atomic mass is 10.2. The maximum Gasteiger partial charge on any atom is 0.251 e. The molecule has 3 nitrogen and oxygen atoms in total. The lowest BCUT2D eigenvalue weighted by molar-refractivity contribution is 0.0941. The lowest BCUT2D eigenvalue weighted by Crippen LogP contribution is -2.32. The van der Waals surface area contributed by atoms with Gasteiger partial charge in [0.15, 0.2) is 0 Å². The summed E-state index contributed by atoms with van der Waals surface area (Å²) in [4.78, 5) is 11.7. The molecule has 1 rings (SSSR count). The number of amides is 1. The van der Waals surface area contributed by atoms with Gasteiger partial charge in [-0.3, -0.25) is 4.79 Å². The normalized spacial score (nSPS) is 11.5. The zero-order valence-corrected chi connectivity index (χ0v) is 10.5. The summed E-state index contributed by atoms with van der Waals surface area (Å²) < 4.78 is 1.02. The molecule has 78 valence electrons. The van der Waals surface area contributed by atoms with E-state index in [1.807, 2.05) is 31.2 Å². The van der Waals surface area contributed by atoms with Crippen LogP contribution in [-0.2, 0) is 0 Å². The molecular weight excluding hydrogens is 303 g/mol. The van der Waals surface area contributed by atoms with Gasteiger partial charge >= 0.3 is 0 Å². The zero-order valence-electron chi connectivity index (χ0n) is 8.33. The van der Waals surface area contributed by atoms with Crippen molar-refractivity contribution in [3.8, 4) is 6.07 Å². The molecule has 0 spiro atoms. The third kappa shape index (κ3) is 3.88. The first-order valence-electron chi connectivity index (χ1n) is 4.57. The highest BCUT2D eigenvalue weighted by Crippen LogP contribution is 2.07. The minimum absolute atomic E-state index is 0.111. The van der Waals surface area contributed by atoms with E-state index in [0.717, 1.165) is 3.57 Å². The standard InChI is InChI=1S/C11H11IN2O/c1-8(5-6-13)14-11(15)9-3-2-4-10(12)7-9/h2-4,7-8H,5H2,1H3,(H,14,15). The molecule has 1 aromatic carbocycles. The number of rotatable bonds is 3. The van der Waals surface area contributed by atoms with Crippen molar-refractivity contribution in [2.24, 2.45) is 0 Å². The Labute approximate surface area is 103 Å². The van der Waals surface area contributed by atoms with Crippen LogP contribution in [0, 0.1) is 14.9 Å². The number of nitriles is 1. The fourth-order valence-corrected chi connectivity index (χ4v) is 1.67. The van der Waals surface area contributed by atoms with Crippen LogP contribution in [0.5, 0.6) is 0 Å². The van der Waals surface area contributed by atoms with Gasteiger partial charge in [0.1, 0.15) is 0 Å². The molecule has 1 amide bonds. The van der Waals surface area contributed by atoms with Crippen molar-refractivity contribution < 1.29 is 4.79 Å². The van der Waals surface area contributed by atoms with Crippen LogP contribution in [-0.4, -0.2) is 11.9 Å². The van der Waals surface area contributed by atoms with E-state index in [1.165, 1.54) is 0 Å². The molecule has 0 aliphatic rings. The first-order valence-corrected chi connectivity index (χ1v) is 5.64. The minimum atomic E-state index is -0.128. The van der Waals surface area contributed by atoms with E-state index in [-0.39, 0.29) is 11.9 Å². The third-order valence-corrected chi connectivity index (χ3v) is 2.53. The Bertz CT molecular complexity index is 398. The Balaban J connectivity index is 2.66. The van der Waals surface area contributed by atoms with Crippen molar-refractivity contribution in [3.63, 3.8) is 0 Å². The molecule has 0 saturated heterocycles. The number of hydrogen-bond acceptors (Lipinski definition) is 2. The summed E-state index contributed by atoms with van der Waals surface area (Å²) in [6, 6.07) is 9.25. The predicted molar refractivity (Wildman–Crippen MR) is 66.3 cm³/mol. The molecule has 0 aliphatic heterocycles. The molecule has 0 saturated carbocycles. The van der Waals surface area contributed by atoms with Crippen molar-refractivity contribution in [2.75, 3.05) is 0 Å². The summed E-state index contributed by atoms with van der Waals surface area (Å²) in [5.74, 6) is -0.128. The van der Waals surface area contributed by atoms with Gasteiger partial charge in [-0.05, 0) is 47.7 Å². The van der Waals surface area contributed by atoms with Crippen molar-refractivity contribution in [3.05, 3.63) is 33.4 Å². The van der Waals surface area contributed by atoms with Gasteiger partial charge in [0.05, 0.1) is 12.5 Å². The number of nitrogens with zero attached hydrogens (tertiary/aromatic N) is 1. The molecule has 0 heterocycles. The first kappa shape index (κ1) is 12.0. The monoisotopic (exact) mass is 314 g/mol. The van der Waals surface area contributed by atoms with Gasteiger partial charge in [0, 0.05) is 15.2 Å². The fourth-order valence-electron chi connectivity index (χ4n) is 1.12. The summed E-state index contributed by atoms with van der Waals surface area (Å²) in [6.07, 6.45) is 0.329. The quantitative estimate of drug-likeness (QED) is 0.871. The van der Waals surface area contributed by atoms with Crippen molar-refractivity contribution in [1.29, 1.82) is 5.26 Å². The fraction of sp³-hybridized carbons (Fsp3) is 0.273. The van der Waals surface area contributed by atoms with E-state index in [2.05, 4.69) is 27.9 Å². The van der Waals surface area contributed by atoms with Crippen LogP contribution >= 0.6 is 22.6 Å². The molecule has 0 radical (unpaired) electrons. The maximum atomic E-state index is 11.7. The highest BCUT2D eigenvalue weighted by Gasteiger charge is 2.08. The van der Waals surface area contributed by atoms with Gasteiger partial charge in [-0.15, -0.1) is 0 Å². The molecule has 1 aromatic rings. The van der Waals surface area contributed by atoms with Crippen LogP contribution in [0.15, 0.2) is 24.3 Å². The number of carbonyl (C=O) groups excluding carboxylic acids is 1. The highest BCUT2D eigenvalue weighted by atomic mass is 127. The smallest absolute Gasteiger partial charge is 0.251 e. The molecule has 4 heteroatoms. The summed E-state index contributed by atoms with van der Waals surface area (Å²) in [7, 11) is 0. The predicted octanol–water partition coefficient (Wildman–Crippen LogP) is 2.32. The van der Waals surface area contributed by atoms with Crippen molar-refractivity contribution in [1.82, 2.24) is 5.32 Å². The topological polar surface area (TPSA) is 52.9 Å².